The van der Waals surface area contributed by atoms with E-state index in [1.165, 1.54) is 5.56 Å². The van der Waals surface area contributed by atoms with Crippen molar-refractivity contribution in [3.63, 3.8) is 0 Å². The highest BCUT2D eigenvalue weighted by Crippen LogP contribution is 2.16. The molecule has 2 aromatic rings. The predicted octanol–water partition coefficient (Wildman–Crippen LogP) is 3.76. The lowest BCUT2D eigenvalue weighted by Gasteiger charge is -2.12. The molecular weight excluding hydrogens is 400 g/mol. The van der Waals surface area contributed by atoms with E-state index in [1.807, 2.05) is 49.4 Å². The van der Waals surface area contributed by atoms with E-state index >= 15 is 0 Å². The first-order chi connectivity index (χ1) is 14.6. The molecule has 0 aromatic heterocycles. The Morgan fingerprint density at radius 2 is 2.00 bits per heavy atom. The van der Waals surface area contributed by atoms with Crippen molar-refractivity contribution >= 4 is 29.2 Å². The minimum Gasteiger partial charge on any atom is -0.368 e. The van der Waals surface area contributed by atoms with Crippen LogP contribution in [0.2, 0.25) is 5.02 Å². The molecule has 0 saturated carbocycles. The summed E-state index contributed by atoms with van der Waals surface area (Å²) in [7, 11) is 0. The van der Waals surface area contributed by atoms with Gasteiger partial charge in [0.05, 0.1) is 6.54 Å². The van der Waals surface area contributed by atoms with Crippen molar-refractivity contribution in [1.29, 1.82) is 0 Å². The number of anilines is 1. The number of rotatable bonds is 8. The van der Waals surface area contributed by atoms with Gasteiger partial charge < -0.3 is 20.7 Å². The first-order valence-corrected chi connectivity index (χ1v) is 10.8. The lowest BCUT2D eigenvalue weighted by molar-refractivity contribution is -0.124. The first kappa shape index (κ1) is 22.1. The van der Waals surface area contributed by atoms with Gasteiger partial charge in [-0.1, -0.05) is 35.9 Å². The monoisotopic (exact) mass is 428 g/mol. The molecule has 1 fully saturated rings. The summed E-state index contributed by atoms with van der Waals surface area (Å²) in [6.07, 6.45) is 2.23. The van der Waals surface area contributed by atoms with Gasteiger partial charge in [-0.05, 0) is 61.6 Å². The van der Waals surface area contributed by atoms with Gasteiger partial charge in [-0.3, -0.25) is 4.79 Å². The average Bonchev–Trinajstić information content (AvgIpc) is 3.27. The predicted molar refractivity (Wildman–Crippen MR) is 122 cm³/mol. The Morgan fingerprint density at radius 1 is 1.17 bits per heavy atom. The number of aliphatic imine (C=N–C) groups is 1. The summed E-state index contributed by atoms with van der Waals surface area (Å²) in [6, 6.07) is 15.6. The Bertz CT molecular complexity index is 866. The van der Waals surface area contributed by atoms with E-state index in [0.717, 1.165) is 54.6 Å². The second kappa shape index (κ2) is 11.6. The molecule has 0 radical (unpaired) electrons. The van der Waals surface area contributed by atoms with Crippen LogP contribution in [-0.4, -0.2) is 37.7 Å². The van der Waals surface area contributed by atoms with Crippen LogP contribution in [0.5, 0.6) is 0 Å². The summed E-state index contributed by atoms with van der Waals surface area (Å²) in [6.45, 7) is 4.74. The number of nitrogens with zero attached hydrogens (tertiary/aromatic N) is 1. The van der Waals surface area contributed by atoms with Crippen molar-refractivity contribution in [2.45, 2.75) is 38.8 Å². The van der Waals surface area contributed by atoms with Crippen LogP contribution in [0.3, 0.4) is 0 Å². The largest absolute Gasteiger partial charge is 0.368 e. The van der Waals surface area contributed by atoms with E-state index in [1.54, 1.807) is 0 Å². The zero-order valence-corrected chi connectivity index (χ0v) is 18.0. The van der Waals surface area contributed by atoms with Crippen molar-refractivity contribution in [2.75, 3.05) is 25.0 Å². The van der Waals surface area contributed by atoms with Gasteiger partial charge >= 0.3 is 0 Å². The van der Waals surface area contributed by atoms with Crippen LogP contribution in [0, 0.1) is 0 Å². The number of carbonyl (C=O) groups is 1. The van der Waals surface area contributed by atoms with Crippen LogP contribution in [-0.2, 0) is 22.5 Å². The molecular formula is C23H29ClN4O2. The molecule has 7 heteroatoms. The minimum absolute atomic E-state index is 0.0795. The van der Waals surface area contributed by atoms with E-state index in [2.05, 4.69) is 27.0 Å². The topological polar surface area (TPSA) is 74.8 Å². The summed E-state index contributed by atoms with van der Waals surface area (Å²) in [4.78, 5) is 16.9. The Kier molecular flexibility index (Phi) is 8.53. The molecule has 0 aliphatic carbocycles. The molecule has 1 amide bonds. The molecule has 1 aliphatic heterocycles. The molecule has 1 heterocycles. The van der Waals surface area contributed by atoms with Gasteiger partial charge in [-0.2, -0.15) is 0 Å². The van der Waals surface area contributed by atoms with Crippen LogP contribution in [0.15, 0.2) is 53.5 Å². The highest BCUT2D eigenvalue weighted by molar-refractivity contribution is 6.30. The van der Waals surface area contributed by atoms with Gasteiger partial charge in [0, 0.05) is 30.4 Å². The summed E-state index contributed by atoms with van der Waals surface area (Å²) < 4.78 is 5.44. The molecule has 1 saturated heterocycles. The van der Waals surface area contributed by atoms with Crippen molar-refractivity contribution in [1.82, 2.24) is 10.6 Å². The highest BCUT2D eigenvalue weighted by Gasteiger charge is 2.23. The number of benzene rings is 2. The molecule has 1 unspecified atom stereocenters. The molecule has 3 rings (SSSR count). The van der Waals surface area contributed by atoms with Crippen molar-refractivity contribution in [3.8, 4) is 0 Å². The van der Waals surface area contributed by atoms with Crippen LogP contribution in [0.25, 0.3) is 0 Å². The van der Waals surface area contributed by atoms with Gasteiger partial charge in [0.25, 0.3) is 5.91 Å². The lowest BCUT2D eigenvalue weighted by atomic mass is 10.1. The summed E-state index contributed by atoms with van der Waals surface area (Å²) in [5, 5.41) is 10.3. The zero-order chi connectivity index (χ0) is 21.2. The second-order valence-corrected chi connectivity index (χ2v) is 7.63. The number of carbonyl (C=O) groups excluding carboxylic acids is 1. The van der Waals surface area contributed by atoms with E-state index in [4.69, 9.17) is 16.3 Å². The molecule has 1 aliphatic rings. The standard InChI is InChI=1S/C23H29ClN4O2/c1-2-25-23(26-12-11-17-6-3-8-19(24)14-17)27-16-18-7-4-9-20(15-18)28-22(29)21-10-5-13-30-21/h3-4,6-9,14-15,21H,2,5,10-13,16H2,1H3,(H,28,29)(H2,25,26,27). The van der Waals surface area contributed by atoms with E-state index in [0.29, 0.717) is 13.2 Å². The molecule has 30 heavy (non-hydrogen) atoms. The zero-order valence-electron chi connectivity index (χ0n) is 17.3. The lowest BCUT2D eigenvalue weighted by Crippen LogP contribution is -2.38. The normalized spacial score (nSPS) is 16.3. The quantitative estimate of drug-likeness (QED) is 0.442. The maximum atomic E-state index is 12.2. The fourth-order valence-electron chi connectivity index (χ4n) is 3.28. The van der Waals surface area contributed by atoms with Gasteiger partial charge in [0.2, 0.25) is 0 Å². The van der Waals surface area contributed by atoms with E-state index in [9.17, 15) is 4.79 Å². The smallest absolute Gasteiger partial charge is 0.253 e. The molecule has 2 aromatic carbocycles. The van der Waals surface area contributed by atoms with Crippen molar-refractivity contribution in [3.05, 3.63) is 64.7 Å². The van der Waals surface area contributed by atoms with Crippen LogP contribution in [0.1, 0.15) is 30.9 Å². The van der Waals surface area contributed by atoms with Crippen LogP contribution in [0.4, 0.5) is 5.69 Å². The average molecular weight is 429 g/mol. The maximum absolute atomic E-state index is 12.2. The Morgan fingerprint density at radius 3 is 2.77 bits per heavy atom. The number of hydrogen-bond acceptors (Lipinski definition) is 3. The van der Waals surface area contributed by atoms with E-state index in [-0.39, 0.29) is 12.0 Å². The van der Waals surface area contributed by atoms with Crippen LogP contribution < -0.4 is 16.0 Å². The Balaban J connectivity index is 1.53. The fourth-order valence-corrected chi connectivity index (χ4v) is 3.50. The molecule has 3 N–H and O–H groups in total. The highest BCUT2D eigenvalue weighted by atomic mass is 35.5. The third-order valence-electron chi connectivity index (χ3n) is 4.78. The number of amides is 1. The third-order valence-corrected chi connectivity index (χ3v) is 5.01. The van der Waals surface area contributed by atoms with E-state index < -0.39 is 0 Å². The summed E-state index contributed by atoms with van der Waals surface area (Å²) in [5.41, 5.74) is 2.97. The molecule has 0 spiro atoms. The Labute approximate surface area is 183 Å². The van der Waals surface area contributed by atoms with Gasteiger partial charge in [-0.15, -0.1) is 0 Å². The van der Waals surface area contributed by atoms with Gasteiger partial charge in [0.1, 0.15) is 6.10 Å². The summed E-state index contributed by atoms with van der Waals surface area (Å²) >= 11 is 6.05. The minimum atomic E-state index is -0.337. The summed E-state index contributed by atoms with van der Waals surface area (Å²) in [5.74, 6) is 0.678. The van der Waals surface area contributed by atoms with Gasteiger partial charge in [-0.25, -0.2) is 4.99 Å². The number of hydrogen-bond donors (Lipinski definition) is 3. The molecule has 1 atom stereocenters. The first-order valence-electron chi connectivity index (χ1n) is 10.4. The number of guanidine groups is 1. The third kappa shape index (κ3) is 7.04. The number of ether oxygens (including phenoxy) is 1. The van der Waals surface area contributed by atoms with Gasteiger partial charge in [0.15, 0.2) is 5.96 Å². The molecule has 0 bridgehead atoms. The fraction of sp³-hybridized carbons (Fsp3) is 0.391. The molecule has 160 valence electrons. The second-order valence-electron chi connectivity index (χ2n) is 7.19. The van der Waals surface area contributed by atoms with Crippen LogP contribution >= 0.6 is 11.6 Å². The number of nitrogens with one attached hydrogen (secondary N) is 3. The molecule has 6 nitrogen and oxygen atoms in total. The Hall–Kier alpha value is -2.57. The van der Waals surface area contributed by atoms with Crippen molar-refractivity contribution in [2.24, 2.45) is 4.99 Å². The SMILES string of the molecule is CCNC(=NCc1cccc(NC(=O)C2CCCO2)c1)NCCc1cccc(Cl)c1. The van der Waals surface area contributed by atoms with Crippen molar-refractivity contribution < 1.29 is 9.53 Å². The number of halogens is 1. The maximum Gasteiger partial charge on any atom is 0.253 e.